The summed E-state index contributed by atoms with van der Waals surface area (Å²) in [6.45, 7) is -0.516. The molecule has 0 spiro atoms. The van der Waals surface area contributed by atoms with E-state index in [-0.39, 0.29) is 6.42 Å². The van der Waals surface area contributed by atoms with E-state index >= 15 is 0 Å². The molecule has 8 nitrogen and oxygen atoms in total. The molecule has 1 heterocycles. The van der Waals surface area contributed by atoms with Crippen molar-refractivity contribution in [2.45, 2.75) is 30.6 Å². The van der Waals surface area contributed by atoms with Gasteiger partial charge in [-0.1, -0.05) is 0 Å². The highest BCUT2D eigenvalue weighted by Gasteiger charge is 2.43. The van der Waals surface area contributed by atoms with Crippen molar-refractivity contribution in [2.24, 2.45) is 10.8 Å². The zero-order chi connectivity index (χ0) is 10.8. The second kappa shape index (κ2) is 4.09. The van der Waals surface area contributed by atoms with Gasteiger partial charge in [0.2, 0.25) is 0 Å². The minimum Gasteiger partial charge on any atom is -0.394 e. The van der Waals surface area contributed by atoms with Crippen LogP contribution in [0.5, 0.6) is 0 Å². The fourth-order valence-corrected chi connectivity index (χ4v) is 1.33. The van der Waals surface area contributed by atoms with Crippen molar-refractivity contribution in [3.8, 4) is 0 Å². The SMILES string of the molecule is [N-]=[N+]=N[C@@]1(N)C[C@@H](O)[C@H](O)[C@@H](CO)O1. The highest BCUT2D eigenvalue weighted by Crippen LogP contribution is 2.26. The maximum atomic E-state index is 9.34. The number of nitrogens with two attached hydrogens (primary N) is 1. The third-order valence-electron chi connectivity index (χ3n) is 2.03. The van der Waals surface area contributed by atoms with Crippen molar-refractivity contribution in [2.75, 3.05) is 6.61 Å². The molecular formula is C6H12N4O4. The Labute approximate surface area is 79.5 Å². The topological polar surface area (TPSA) is 145 Å². The van der Waals surface area contributed by atoms with Gasteiger partial charge in [0.05, 0.1) is 12.7 Å². The number of rotatable bonds is 2. The Balaban J connectivity index is 2.81. The summed E-state index contributed by atoms with van der Waals surface area (Å²) in [4.78, 5) is 2.46. The Morgan fingerprint density at radius 3 is 2.79 bits per heavy atom. The number of azide groups is 1. The van der Waals surface area contributed by atoms with E-state index in [1.165, 1.54) is 0 Å². The molecule has 0 amide bonds. The first-order chi connectivity index (χ1) is 6.52. The molecule has 4 atom stereocenters. The Bertz CT molecular complexity index is 256. The van der Waals surface area contributed by atoms with E-state index in [2.05, 4.69) is 10.0 Å². The smallest absolute Gasteiger partial charge is 0.199 e. The molecule has 0 unspecified atom stereocenters. The minimum atomic E-state index is -1.71. The summed E-state index contributed by atoms with van der Waals surface area (Å²) in [5, 5.41) is 30.6. The Morgan fingerprint density at radius 1 is 1.64 bits per heavy atom. The number of hydrogen-bond acceptors (Lipinski definition) is 6. The van der Waals surface area contributed by atoms with Gasteiger partial charge >= 0.3 is 0 Å². The molecule has 1 saturated heterocycles. The van der Waals surface area contributed by atoms with Gasteiger partial charge in [-0.15, -0.1) is 0 Å². The largest absolute Gasteiger partial charge is 0.394 e. The van der Waals surface area contributed by atoms with Gasteiger partial charge in [0, 0.05) is 11.3 Å². The molecule has 8 heteroatoms. The Hall–Kier alpha value is -0.890. The van der Waals surface area contributed by atoms with Crippen LogP contribution in [-0.2, 0) is 4.74 Å². The second-order valence-corrected chi connectivity index (χ2v) is 3.14. The number of hydrogen-bond donors (Lipinski definition) is 4. The quantitative estimate of drug-likeness (QED) is 0.243. The predicted molar refractivity (Wildman–Crippen MR) is 44.7 cm³/mol. The average Bonchev–Trinajstić information content (AvgIpc) is 2.12. The van der Waals surface area contributed by atoms with Gasteiger partial charge in [-0.25, -0.2) is 0 Å². The van der Waals surface area contributed by atoms with E-state index in [1.54, 1.807) is 0 Å². The van der Waals surface area contributed by atoms with E-state index in [1.807, 2.05) is 0 Å². The molecule has 0 aromatic rings. The summed E-state index contributed by atoms with van der Waals surface area (Å²) < 4.78 is 4.94. The lowest BCUT2D eigenvalue weighted by atomic mass is 9.99. The second-order valence-electron chi connectivity index (χ2n) is 3.14. The summed E-state index contributed by atoms with van der Waals surface area (Å²) in [5.74, 6) is -1.71. The maximum Gasteiger partial charge on any atom is 0.199 e. The zero-order valence-electron chi connectivity index (χ0n) is 7.32. The Morgan fingerprint density at radius 2 is 2.29 bits per heavy atom. The van der Waals surface area contributed by atoms with Crippen LogP contribution in [0, 0.1) is 0 Å². The fourth-order valence-electron chi connectivity index (χ4n) is 1.33. The lowest BCUT2D eigenvalue weighted by Gasteiger charge is -2.40. The van der Waals surface area contributed by atoms with Crippen LogP contribution < -0.4 is 5.73 Å². The van der Waals surface area contributed by atoms with Crippen LogP contribution >= 0.6 is 0 Å². The number of aliphatic hydroxyl groups excluding tert-OH is 3. The third-order valence-corrected chi connectivity index (χ3v) is 2.03. The van der Waals surface area contributed by atoms with E-state index < -0.39 is 30.8 Å². The molecule has 1 aliphatic heterocycles. The molecule has 5 N–H and O–H groups in total. The summed E-state index contributed by atoms with van der Waals surface area (Å²) in [5.41, 5.74) is 13.6. The van der Waals surface area contributed by atoms with Gasteiger partial charge in [0.15, 0.2) is 5.85 Å². The van der Waals surface area contributed by atoms with Gasteiger partial charge in [0.25, 0.3) is 0 Å². The molecule has 1 aliphatic rings. The highest BCUT2D eigenvalue weighted by atomic mass is 16.6. The van der Waals surface area contributed by atoms with Crippen LogP contribution in [0.1, 0.15) is 6.42 Å². The van der Waals surface area contributed by atoms with Crippen LogP contribution in [0.2, 0.25) is 0 Å². The zero-order valence-corrected chi connectivity index (χ0v) is 7.32. The van der Waals surface area contributed by atoms with Gasteiger partial charge < -0.3 is 20.1 Å². The van der Waals surface area contributed by atoms with Crippen LogP contribution in [0.15, 0.2) is 5.11 Å². The van der Waals surface area contributed by atoms with Crippen LogP contribution in [0.3, 0.4) is 0 Å². The van der Waals surface area contributed by atoms with Gasteiger partial charge in [0.1, 0.15) is 12.2 Å². The first-order valence-electron chi connectivity index (χ1n) is 4.02. The first kappa shape index (κ1) is 11.2. The fraction of sp³-hybridized carbons (Fsp3) is 1.00. The van der Waals surface area contributed by atoms with Gasteiger partial charge in [-0.3, -0.25) is 5.73 Å². The molecule has 0 radical (unpaired) electrons. The van der Waals surface area contributed by atoms with E-state index in [4.69, 9.17) is 21.1 Å². The molecule has 0 aromatic carbocycles. The minimum absolute atomic E-state index is 0.214. The molecule has 1 fully saturated rings. The summed E-state index contributed by atoms with van der Waals surface area (Å²) >= 11 is 0. The highest BCUT2D eigenvalue weighted by molar-refractivity contribution is 4.90. The molecule has 80 valence electrons. The van der Waals surface area contributed by atoms with Gasteiger partial charge in [-0.05, 0) is 10.6 Å². The van der Waals surface area contributed by atoms with Crippen molar-refractivity contribution in [1.82, 2.24) is 0 Å². The van der Waals surface area contributed by atoms with E-state index in [0.29, 0.717) is 0 Å². The number of ether oxygens (including phenoxy) is 1. The van der Waals surface area contributed by atoms with Crippen LogP contribution in [0.4, 0.5) is 0 Å². The lowest BCUT2D eigenvalue weighted by molar-refractivity contribution is -0.219. The first-order valence-corrected chi connectivity index (χ1v) is 4.02. The van der Waals surface area contributed by atoms with Gasteiger partial charge in [-0.2, -0.15) is 0 Å². The number of aliphatic hydroxyl groups is 3. The average molecular weight is 204 g/mol. The van der Waals surface area contributed by atoms with E-state index in [9.17, 15) is 10.2 Å². The third kappa shape index (κ3) is 2.13. The molecule has 1 rings (SSSR count). The van der Waals surface area contributed by atoms with Crippen molar-refractivity contribution < 1.29 is 20.1 Å². The molecule has 0 aliphatic carbocycles. The van der Waals surface area contributed by atoms with Crippen molar-refractivity contribution >= 4 is 0 Å². The van der Waals surface area contributed by atoms with Crippen LogP contribution in [0.25, 0.3) is 10.4 Å². The maximum absolute atomic E-state index is 9.34. The molecule has 0 aromatic heterocycles. The monoisotopic (exact) mass is 204 g/mol. The Kier molecular flexibility index (Phi) is 3.27. The summed E-state index contributed by atoms with van der Waals surface area (Å²) in [7, 11) is 0. The van der Waals surface area contributed by atoms with Crippen molar-refractivity contribution in [3.63, 3.8) is 0 Å². The van der Waals surface area contributed by atoms with Crippen LogP contribution in [-0.4, -0.2) is 46.1 Å². The molecule has 0 bridgehead atoms. The summed E-state index contributed by atoms with van der Waals surface area (Å²) in [6, 6.07) is 0. The lowest BCUT2D eigenvalue weighted by Crippen LogP contribution is -2.58. The molecule has 0 saturated carbocycles. The summed E-state index contributed by atoms with van der Waals surface area (Å²) in [6.07, 6.45) is -3.68. The normalized spacial score (nSPS) is 43.0. The standard InChI is InChI=1S/C6H12N4O4/c7-6(9-10-8)1-3(12)5(13)4(2-11)14-6/h3-5,11-13H,1-2,7H2/t3-,4-,5+,6+/m1/s1. The molecular weight excluding hydrogens is 192 g/mol. The van der Waals surface area contributed by atoms with Crippen molar-refractivity contribution in [1.29, 1.82) is 0 Å². The molecule has 14 heavy (non-hydrogen) atoms. The van der Waals surface area contributed by atoms with Crippen molar-refractivity contribution in [3.05, 3.63) is 10.4 Å². The number of nitrogens with zero attached hydrogens (tertiary/aromatic N) is 3. The predicted octanol–water partition coefficient (Wildman–Crippen LogP) is -1.59. The van der Waals surface area contributed by atoms with E-state index in [0.717, 1.165) is 0 Å².